The third kappa shape index (κ3) is 4.67. The molecule has 1 unspecified atom stereocenters. The summed E-state index contributed by atoms with van der Waals surface area (Å²) in [7, 11) is 0. The Kier molecular flexibility index (Phi) is 5.80. The van der Waals surface area contributed by atoms with Crippen molar-refractivity contribution in [3.63, 3.8) is 0 Å². The molecule has 0 aromatic heterocycles. The Labute approximate surface area is 120 Å². The second-order valence-electron chi connectivity index (χ2n) is 6.10. The number of aliphatic carboxylic acids is 1. The number of hydrogen-bond acceptors (Lipinski definition) is 3. The third-order valence-corrected chi connectivity index (χ3v) is 3.39. The molecule has 1 saturated heterocycles. The maximum absolute atomic E-state index is 12.6. The second-order valence-corrected chi connectivity index (χ2v) is 6.10. The highest BCUT2D eigenvalue weighted by Gasteiger charge is 2.34. The molecule has 116 valence electrons. The zero-order chi connectivity index (χ0) is 15.3. The van der Waals surface area contributed by atoms with Crippen LogP contribution in [0.1, 0.15) is 40.5 Å². The van der Waals surface area contributed by atoms with Crippen LogP contribution < -0.4 is 0 Å². The number of rotatable bonds is 4. The van der Waals surface area contributed by atoms with Crippen LogP contribution in [0.25, 0.3) is 0 Å². The summed E-state index contributed by atoms with van der Waals surface area (Å²) < 4.78 is 5.58. The standard InChI is InChI=1S/C14H26N2O4/c1-5-20-11-7-6-8-15(9-11)13(19)16(10-12(17)18)14(2,3)4/h11H,5-10H2,1-4H3,(H,17,18). The van der Waals surface area contributed by atoms with Gasteiger partial charge >= 0.3 is 12.0 Å². The molecule has 1 aliphatic rings. The van der Waals surface area contributed by atoms with Crippen molar-refractivity contribution in [2.75, 3.05) is 26.2 Å². The monoisotopic (exact) mass is 286 g/mol. The Morgan fingerprint density at radius 3 is 2.55 bits per heavy atom. The molecule has 1 fully saturated rings. The van der Waals surface area contributed by atoms with E-state index in [1.54, 1.807) is 4.90 Å². The molecule has 0 spiro atoms. The number of carbonyl (C=O) groups is 2. The molecule has 1 heterocycles. The summed E-state index contributed by atoms with van der Waals surface area (Å²) in [5.74, 6) is -0.994. The van der Waals surface area contributed by atoms with Gasteiger partial charge in [-0.25, -0.2) is 4.79 Å². The van der Waals surface area contributed by atoms with E-state index in [-0.39, 0.29) is 18.7 Å². The predicted molar refractivity (Wildman–Crippen MR) is 75.7 cm³/mol. The number of piperidine rings is 1. The zero-order valence-corrected chi connectivity index (χ0v) is 12.9. The molecule has 2 amide bonds. The van der Waals surface area contributed by atoms with Gasteiger partial charge in [0.25, 0.3) is 0 Å². The molecule has 0 bridgehead atoms. The van der Waals surface area contributed by atoms with Crippen LogP contribution in [0.4, 0.5) is 4.79 Å². The summed E-state index contributed by atoms with van der Waals surface area (Å²) in [4.78, 5) is 26.6. The van der Waals surface area contributed by atoms with E-state index in [1.807, 2.05) is 27.7 Å². The molecule has 1 atom stereocenters. The van der Waals surface area contributed by atoms with Gasteiger partial charge in [0.1, 0.15) is 6.54 Å². The molecule has 0 aromatic rings. The molecule has 0 aromatic carbocycles. The number of nitrogens with zero attached hydrogens (tertiary/aromatic N) is 2. The van der Waals surface area contributed by atoms with Gasteiger partial charge in [0.15, 0.2) is 0 Å². The van der Waals surface area contributed by atoms with Crippen molar-refractivity contribution in [1.82, 2.24) is 9.80 Å². The van der Waals surface area contributed by atoms with Gasteiger partial charge in [0, 0.05) is 25.2 Å². The van der Waals surface area contributed by atoms with Gasteiger partial charge in [0.05, 0.1) is 6.10 Å². The lowest BCUT2D eigenvalue weighted by molar-refractivity contribution is -0.138. The van der Waals surface area contributed by atoms with E-state index in [2.05, 4.69) is 0 Å². The van der Waals surface area contributed by atoms with Crippen molar-refractivity contribution < 1.29 is 19.4 Å². The lowest BCUT2D eigenvalue weighted by Gasteiger charge is -2.41. The molecule has 0 radical (unpaired) electrons. The fourth-order valence-corrected chi connectivity index (χ4v) is 2.38. The minimum atomic E-state index is -0.994. The fraction of sp³-hybridized carbons (Fsp3) is 0.857. The number of urea groups is 1. The molecule has 0 saturated carbocycles. The van der Waals surface area contributed by atoms with Crippen LogP contribution in [0.2, 0.25) is 0 Å². The van der Waals surface area contributed by atoms with Crippen molar-refractivity contribution in [1.29, 1.82) is 0 Å². The largest absolute Gasteiger partial charge is 0.480 e. The lowest BCUT2D eigenvalue weighted by atomic mass is 10.1. The number of amides is 2. The van der Waals surface area contributed by atoms with Crippen LogP contribution in [0.15, 0.2) is 0 Å². The summed E-state index contributed by atoms with van der Waals surface area (Å²) in [6.07, 6.45) is 1.90. The number of ether oxygens (including phenoxy) is 1. The van der Waals surface area contributed by atoms with Crippen LogP contribution in [-0.4, -0.2) is 64.8 Å². The zero-order valence-electron chi connectivity index (χ0n) is 12.9. The van der Waals surface area contributed by atoms with Crippen molar-refractivity contribution in [2.45, 2.75) is 52.2 Å². The third-order valence-electron chi connectivity index (χ3n) is 3.39. The molecule has 20 heavy (non-hydrogen) atoms. The van der Waals surface area contributed by atoms with Gasteiger partial charge < -0.3 is 19.6 Å². The normalized spacial score (nSPS) is 19.8. The van der Waals surface area contributed by atoms with Gasteiger partial charge in [-0.2, -0.15) is 0 Å². The van der Waals surface area contributed by atoms with E-state index in [0.717, 1.165) is 12.8 Å². The summed E-state index contributed by atoms with van der Waals surface area (Å²) in [6, 6.07) is -0.218. The van der Waals surface area contributed by atoms with Gasteiger partial charge in [0.2, 0.25) is 0 Å². The van der Waals surface area contributed by atoms with E-state index in [4.69, 9.17) is 9.84 Å². The molecule has 0 aliphatic carbocycles. The minimum absolute atomic E-state index is 0.0596. The van der Waals surface area contributed by atoms with Crippen molar-refractivity contribution in [2.24, 2.45) is 0 Å². The van der Waals surface area contributed by atoms with Gasteiger partial charge in [-0.05, 0) is 40.5 Å². The number of likely N-dealkylation sites (tertiary alicyclic amines) is 1. The highest BCUT2D eigenvalue weighted by atomic mass is 16.5. The summed E-state index contributed by atoms with van der Waals surface area (Å²) >= 11 is 0. The first kappa shape index (κ1) is 16.8. The molecule has 1 aliphatic heterocycles. The summed E-state index contributed by atoms with van der Waals surface area (Å²) in [5, 5.41) is 8.99. The SMILES string of the molecule is CCOC1CCCN(C(=O)N(CC(=O)O)C(C)(C)C)C1. The van der Waals surface area contributed by atoms with Gasteiger partial charge in [-0.15, -0.1) is 0 Å². The first-order chi connectivity index (χ1) is 9.25. The van der Waals surface area contributed by atoms with Crippen LogP contribution >= 0.6 is 0 Å². The smallest absolute Gasteiger partial charge is 0.323 e. The van der Waals surface area contributed by atoms with Crippen molar-refractivity contribution in [3.05, 3.63) is 0 Å². The van der Waals surface area contributed by atoms with Crippen LogP contribution in [-0.2, 0) is 9.53 Å². The van der Waals surface area contributed by atoms with Gasteiger partial charge in [-0.1, -0.05) is 0 Å². The highest BCUT2D eigenvalue weighted by Crippen LogP contribution is 2.20. The highest BCUT2D eigenvalue weighted by molar-refractivity contribution is 5.81. The second kappa shape index (κ2) is 6.92. The number of carboxylic acids is 1. The molecular formula is C14H26N2O4. The average molecular weight is 286 g/mol. The van der Waals surface area contributed by atoms with E-state index < -0.39 is 11.5 Å². The average Bonchev–Trinajstić information content (AvgIpc) is 2.34. The maximum Gasteiger partial charge on any atom is 0.323 e. The molecule has 6 nitrogen and oxygen atoms in total. The topological polar surface area (TPSA) is 70.1 Å². The van der Waals surface area contributed by atoms with Crippen LogP contribution in [0, 0.1) is 0 Å². The first-order valence-corrected chi connectivity index (χ1v) is 7.15. The Hall–Kier alpha value is -1.30. The Balaban J connectivity index is 2.75. The van der Waals surface area contributed by atoms with Crippen molar-refractivity contribution in [3.8, 4) is 0 Å². The van der Waals surface area contributed by atoms with E-state index in [0.29, 0.717) is 19.7 Å². The molecular weight excluding hydrogens is 260 g/mol. The van der Waals surface area contributed by atoms with Crippen molar-refractivity contribution >= 4 is 12.0 Å². The molecule has 6 heteroatoms. The summed E-state index contributed by atoms with van der Waals surface area (Å²) in [6.45, 7) is 9.02. The first-order valence-electron chi connectivity index (χ1n) is 7.15. The van der Waals surface area contributed by atoms with Crippen LogP contribution in [0.5, 0.6) is 0 Å². The lowest BCUT2D eigenvalue weighted by Crippen LogP contribution is -2.56. The Morgan fingerprint density at radius 1 is 1.40 bits per heavy atom. The Bertz CT molecular complexity index is 350. The van der Waals surface area contributed by atoms with Gasteiger partial charge in [-0.3, -0.25) is 4.79 Å². The number of carboxylic acid groups (broad SMARTS) is 1. The Morgan fingerprint density at radius 2 is 2.05 bits per heavy atom. The quantitative estimate of drug-likeness (QED) is 0.855. The fourth-order valence-electron chi connectivity index (χ4n) is 2.38. The summed E-state index contributed by atoms with van der Waals surface area (Å²) in [5.41, 5.74) is -0.520. The van der Waals surface area contributed by atoms with E-state index in [1.165, 1.54) is 4.90 Å². The molecule has 1 rings (SSSR count). The number of hydrogen-bond donors (Lipinski definition) is 1. The maximum atomic E-state index is 12.6. The van der Waals surface area contributed by atoms with E-state index >= 15 is 0 Å². The van der Waals surface area contributed by atoms with E-state index in [9.17, 15) is 9.59 Å². The number of carbonyl (C=O) groups excluding carboxylic acids is 1. The molecule has 1 N–H and O–H groups in total. The minimum Gasteiger partial charge on any atom is -0.480 e. The van der Waals surface area contributed by atoms with Crippen LogP contribution in [0.3, 0.4) is 0 Å². The predicted octanol–water partition coefficient (Wildman–Crippen LogP) is 1.79.